The highest BCUT2D eigenvalue weighted by molar-refractivity contribution is 9.10. The second-order valence-electron chi connectivity index (χ2n) is 8.19. The average molecular weight is 478 g/mol. The third kappa shape index (κ3) is 3.81. The number of para-hydroxylation sites is 1. The zero-order valence-corrected chi connectivity index (χ0v) is 19.7. The van der Waals surface area contributed by atoms with E-state index in [1.165, 1.54) is 33.1 Å². The Labute approximate surface area is 192 Å². The van der Waals surface area contributed by atoms with Crippen LogP contribution in [0.4, 0.5) is 5.69 Å². The Kier molecular flexibility index (Phi) is 5.63. The number of fused-ring (bicyclic) bond motifs is 3. The van der Waals surface area contributed by atoms with E-state index in [9.17, 15) is 0 Å². The van der Waals surface area contributed by atoms with Crippen LogP contribution in [0.2, 0.25) is 0 Å². The molecule has 0 N–H and O–H groups in total. The lowest BCUT2D eigenvalue weighted by molar-refractivity contribution is 0.250. The number of aromatic nitrogens is 1. The van der Waals surface area contributed by atoms with Gasteiger partial charge in [-0.3, -0.25) is 4.90 Å². The van der Waals surface area contributed by atoms with Crippen LogP contribution in [-0.4, -0.2) is 42.8 Å². The molecule has 5 heteroatoms. The molecule has 1 aliphatic heterocycles. The van der Waals surface area contributed by atoms with Gasteiger partial charge in [0.05, 0.1) is 11.6 Å². The summed E-state index contributed by atoms with van der Waals surface area (Å²) < 4.78 is 8.88. The zero-order chi connectivity index (χ0) is 21.4. The van der Waals surface area contributed by atoms with Crippen LogP contribution in [-0.2, 0) is 13.1 Å². The third-order valence-electron chi connectivity index (χ3n) is 6.43. The van der Waals surface area contributed by atoms with E-state index in [-0.39, 0.29) is 0 Å². The monoisotopic (exact) mass is 477 g/mol. The predicted molar refractivity (Wildman–Crippen MR) is 133 cm³/mol. The number of ether oxygens (including phenoxy) is 1. The van der Waals surface area contributed by atoms with Crippen molar-refractivity contribution >= 4 is 43.4 Å². The summed E-state index contributed by atoms with van der Waals surface area (Å²) >= 11 is 3.55. The molecule has 2 heterocycles. The van der Waals surface area contributed by atoms with Gasteiger partial charge < -0.3 is 14.2 Å². The molecule has 5 rings (SSSR count). The lowest BCUT2D eigenvalue weighted by Crippen LogP contribution is -2.45. The van der Waals surface area contributed by atoms with Gasteiger partial charge in [-0.2, -0.15) is 0 Å². The van der Waals surface area contributed by atoms with Crippen molar-refractivity contribution in [2.24, 2.45) is 0 Å². The van der Waals surface area contributed by atoms with Crippen molar-refractivity contribution in [2.45, 2.75) is 20.0 Å². The number of piperazine rings is 1. The molecule has 1 fully saturated rings. The number of halogens is 1. The summed E-state index contributed by atoms with van der Waals surface area (Å²) in [6.45, 7) is 8.40. The number of rotatable bonds is 5. The topological polar surface area (TPSA) is 20.6 Å². The van der Waals surface area contributed by atoms with Crippen LogP contribution < -0.4 is 9.64 Å². The van der Waals surface area contributed by atoms with Gasteiger partial charge in [-0.15, -0.1) is 0 Å². The Bertz CT molecular complexity index is 1220. The normalized spacial score (nSPS) is 15.1. The highest BCUT2D eigenvalue weighted by Crippen LogP contribution is 2.31. The lowest BCUT2D eigenvalue weighted by Gasteiger charge is -2.36. The second kappa shape index (κ2) is 8.56. The summed E-state index contributed by atoms with van der Waals surface area (Å²) in [7, 11) is 1.72. The minimum absolute atomic E-state index is 0.888. The van der Waals surface area contributed by atoms with Gasteiger partial charge in [-0.05, 0) is 58.7 Å². The van der Waals surface area contributed by atoms with Crippen LogP contribution in [0.15, 0.2) is 65.1 Å². The van der Waals surface area contributed by atoms with E-state index in [0.717, 1.165) is 49.5 Å². The molecule has 0 aliphatic carbocycles. The first-order chi connectivity index (χ1) is 15.2. The van der Waals surface area contributed by atoms with E-state index in [2.05, 4.69) is 97.9 Å². The minimum atomic E-state index is 0.888. The molecule has 1 aromatic heterocycles. The van der Waals surface area contributed by atoms with Crippen LogP contribution in [0.3, 0.4) is 0 Å². The molecule has 0 radical (unpaired) electrons. The number of hydrogen-bond acceptors (Lipinski definition) is 3. The fraction of sp³-hybridized carbons (Fsp3) is 0.308. The second-order valence-corrected chi connectivity index (χ2v) is 9.05. The standard InChI is InChI=1S/C26H28BrN3O/c1-3-30-24-7-5-4-6-21(24)22-16-19(8-11-25(22)30)18-28-12-14-29(15-13-28)20-9-10-23(27)26(17-20)31-2/h4-11,16-17H,3,12-15,18H2,1-2H3. The fourth-order valence-corrected chi connectivity index (χ4v) is 5.22. The van der Waals surface area contributed by atoms with Gasteiger partial charge >= 0.3 is 0 Å². The summed E-state index contributed by atoms with van der Waals surface area (Å²) in [5.41, 5.74) is 5.29. The highest BCUT2D eigenvalue weighted by atomic mass is 79.9. The van der Waals surface area contributed by atoms with E-state index in [1.54, 1.807) is 7.11 Å². The molecule has 0 spiro atoms. The van der Waals surface area contributed by atoms with E-state index in [1.807, 2.05) is 0 Å². The van der Waals surface area contributed by atoms with Crippen molar-refractivity contribution in [3.8, 4) is 5.75 Å². The summed E-state index contributed by atoms with van der Waals surface area (Å²) in [6, 6.07) is 22.1. The fourth-order valence-electron chi connectivity index (χ4n) is 4.81. The van der Waals surface area contributed by atoms with Crippen molar-refractivity contribution in [3.63, 3.8) is 0 Å². The number of aryl methyl sites for hydroxylation is 1. The molecule has 160 valence electrons. The van der Waals surface area contributed by atoms with E-state index in [0.29, 0.717) is 0 Å². The van der Waals surface area contributed by atoms with Crippen LogP contribution in [0.1, 0.15) is 12.5 Å². The molecule has 0 amide bonds. The molecule has 0 unspecified atom stereocenters. The molecule has 4 nitrogen and oxygen atoms in total. The average Bonchev–Trinajstić information content (AvgIpc) is 3.13. The van der Waals surface area contributed by atoms with E-state index < -0.39 is 0 Å². The Morgan fingerprint density at radius 1 is 0.871 bits per heavy atom. The number of nitrogens with zero attached hydrogens (tertiary/aromatic N) is 3. The minimum Gasteiger partial charge on any atom is -0.495 e. The summed E-state index contributed by atoms with van der Waals surface area (Å²) in [4.78, 5) is 5.01. The largest absolute Gasteiger partial charge is 0.495 e. The molecule has 0 bridgehead atoms. The summed E-state index contributed by atoms with van der Waals surface area (Å²) in [5, 5.41) is 2.73. The summed E-state index contributed by atoms with van der Waals surface area (Å²) in [6.07, 6.45) is 0. The maximum atomic E-state index is 5.47. The molecule has 0 saturated carbocycles. The molecule has 0 atom stereocenters. The highest BCUT2D eigenvalue weighted by Gasteiger charge is 2.19. The molecule has 1 saturated heterocycles. The maximum Gasteiger partial charge on any atom is 0.135 e. The maximum absolute atomic E-state index is 5.47. The SMILES string of the molecule is CCn1c2ccccc2c2cc(CN3CCN(c4ccc(Br)c(OC)c4)CC3)ccc21. The Morgan fingerprint density at radius 3 is 2.42 bits per heavy atom. The molecule has 4 aromatic rings. The Hall–Kier alpha value is -2.50. The van der Waals surface area contributed by atoms with Crippen LogP contribution in [0, 0.1) is 0 Å². The van der Waals surface area contributed by atoms with Gasteiger partial charge in [0, 0.05) is 72.8 Å². The van der Waals surface area contributed by atoms with Gasteiger partial charge in [0.2, 0.25) is 0 Å². The van der Waals surface area contributed by atoms with Crippen LogP contribution in [0.25, 0.3) is 21.8 Å². The van der Waals surface area contributed by atoms with Gasteiger partial charge in [-0.25, -0.2) is 0 Å². The first-order valence-corrected chi connectivity index (χ1v) is 11.8. The molecular weight excluding hydrogens is 450 g/mol. The van der Waals surface area contributed by atoms with Crippen molar-refractivity contribution < 1.29 is 4.74 Å². The molecule has 31 heavy (non-hydrogen) atoms. The van der Waals surface area contributed by atoms with E-state index >= 15 is 0 Å². The van der Waals surface area contributed by atoms with Crippen molar-refractivity contribution in [2.75, 3.05) is 38.2 Å². The number of hydrogen-bond donors (Lipinski definition) is 0. The molecule has 3 aromatic carbocycles. The smallest absolute Gasteiger partial charge is 0.135 e. The summed E-state index contributed by atoms with van der Waals surface area (Å²) in [5.74, 6) is 0.888. The van der Waals surface area contributed by atoms with E-state index in [4.69, 9.17) is 4.74 Å². The Balaban J connectivity index is 1.32. The van der Waals surface area contributed by atoms with Gasteiger partial charge in [0.25, 0.3) is 0 Å². The number of anilines is 1. The van der Waals surface area contributed by atoms with Crippen LogP contribution in [0.5, 0.6) is 5.75 Å². The quantitative estimate of drug-likeness (QED) is 0.356. The Morgan fingerprint density at radius 2 is 1.65 bits per heavy atom. The molecule has 1 aliphatic rings. The molecular formula is C26H28BrN3O. The zero-order valence-electron chi connectivity index (χ0n) is 18.1. The van der Waals surface area contributed by atoms with Crippen molar-refractivity contribution in [1.29, 1.82) is 0 Å². The first-order valence-electron chi connectivity index (χ1n) is 11.0. The van der Waals surface area contributed by atoms with Crippen molar-refractivity contribution in [3.05, 3.63) is 70.7 Å². The third-order valence-corrected chi connectivity index (χ3v) is 7.09. The van der Waals surface area contributed by atoms with Gasteiger partial charge in [0.1, 0.15) is 5.75 Å². The number of benzene rings is 3. The first kappa shape index (κ1) is 20.4. The lowest BCUT2D eigenvalue weighted by atomic mass is 10.1. The van der Waals surface area contributed by atoms with Gasteiger partial charge in [-0.1, -0.05) is 24.3 Å². The van der Waals surface area contributed by atoms with Crippen LogP contribution >= 0.6 is 15.9 Å². The van der Waals surface area contributed by atoms with Gasteiger partial charge in [0.15, 0.2) is 0 Å². The predicted octanol–water partition coefficient (Wildman–Crippen LogP) is 5.91. The van der Waals surface area contributed by atoms with Crippen molar-refractivity contribution in [1.82, 2.24) is 9.47 Å². The number of methoxy groups -OCH3 is 1.